The van der Waals surface area contributed by atoms with Gasteiger partial charge in [0.05, 0.1) is 6.67 Å². The van der Waals surface area contributed by atoms with Crippen molar-refractivity contribution in [2.75, 3.05) is 26.3 Å². The third kappa shape index (κ3) is 3.65. The van der Waals surface area contributed by atoms with Crippen molar-refractivity contribution in [3.8, 4) is 0 Å². The van der Waals surface area contributed by atoms with E-state index >= 15 is 0 Å². The minimum absolute atomic E-state index is 0.191. The summed E-state index contributed by atoms with van der Waals surface area (Å²) >= 11 is 0. The number of nitrogens with one attached hydrogen (secondary N) is 1. The van der Waals surface area contributed by atoms with Crippen LogP contribution in [0.1, 0.15) is 47.5 Å². The highest BCUT2D eigenvalue weighted by molar-refractivity contribution is 4.98. The Bertz CT molecular complexity index is 237. The van der Waals surface area contributed by atoms with E-state index in [-0.39, 0.29) is 17.6 Å². The van der Waals surface area contributed by atoms with Gasteiger partial charge in [-0.25, -0.2) is 0 Å². The highest BCUT2D eigenvalue weighted by Gasteiger charge is 2.39. The molecule has 0 aromatic heterocycles. The predicted octanol–water partition coefficient (Wildman–Crippen LogP) is 2.83. The van der Waals surface area contributed by atoms with E-state index in [1.807, 2.05) is 0 Å². The van der Waals surface area contributed by atoms with Crippen LogP contribution in [-0.2, 0) is 0 Å². The molecule has 0 bridgehead atoms. The maximum absolute atomic E-state index is 12.4. The molecule has 0 aromatic carbocycles. The quantitative estimate of drug-likeness (QED) is 0.818. The van der Waals surface area contributed by atoms with Gasteiger partial charge >= 0.3 is 0 Å². The Labute approximate surface area is 106 Å². The van der Waals surface area contributed by atoms with Gasteiger partial charge in [0.15, 0.2) is 0 Å². The molecule has 0 aromatic rings. The summed E-state index contributed by atoms with van der Waals surface area (Å²) < 4.78 is 12.4. The van der Waals surface area contributed by atoms with Crippen LogP contribution in [0.3, 0.4) is 0 Å². The first-order valence-corrected chi connectivity index (χ1v) is 6.88. The first-order chi connectivity index (χ1) is 7.83. The molecule has 1 rings (SSSR count). The van der Waals surface area contributed by atoms with E-state index in [1.54, 1.807) is 0 Å². The van der Waals surface area contributed by atoms with Crippen molar-refractivity contribution in [3.05, 3.63) is 0 Å². The topological polar surface area (TPSA) is 15.3 Å². The fourth-order valence-corrected chi connectivity index (χ4v) is 2.50. The van der Waals surface area contributed by atoms with Crippen LogP contribution in [0.15, 0.2) is 0 Å². The van der Waals surface area contributed by atoms with E-state index in [0.29, 0.717) is 12.5 Å². The Kier molecular flexibility index (Phi) is 4.96. The van der Waals surface area contributed by atoms with Gasteiger partial charge in [-0.1, -0.05) is 27.7 Å². The van der Waals surface area contributed by atoms with Crippen LogP contribution < -0.4 is 5.32 Å². The summed E-state index contributed by atoms with van der Waals surface area (Å²) in [7, 11) is 0. The van der Waals surface area contributed by atoms with E-state index < -0.39 is 0 Å². The fraction of sp³-hybridized carbons (Fsp3) is 1.00. The molecule has 1 N–H and O–H groups in total. The zero-order valence-corrected chi connectivity index (χ0v) is 12.1. The molecular formula is C14H29FN2. The van der Waals surface area contributed by atoms with Gasteiger partial charge in [-0.15, -0.1) is 0 Å². The lowest BCUT2D eigenvalue weighted by Gasteiger charge is -2.51. The van der Waals surface area contributed by atoms with Gasteiger partial charge < -0.3 is 5.32 Å². The third-order valence-electron chi connectivity index (χ3n) is 4.26. The van der Waals surface area contributed by atoms with Gasteiger partial charge in [0.1, 0.15) is 0 Å². The fourth-order valence-electron chi connectivity index (χ4n) is 2.50. The molecule has 0 aliphatic carbocycles. The number of rotatable bonds is 4. The van der Waals surface area contributed by atoms with E-state index in [0.717, 1.165) is 26.1 Å². The van der Waals surface area contributed by atoms with Crippen LogP contribution in [0.25, 0.3) is 0 Å². The zero-order chi connectivity index (χ0) is 13.1. The Balaban J connectivity index is 2.70. The average molecular weight is 244 g/mol. The van der Waals surface area contributed by atoms with E-state index in [9.17, 15) is 4.39 Å². The van der Waals surface area contributed by atoms with Crippen LogP contribution >= 0.6 is 0 Å². The maximum atomic E-state index is 12.4. The molecule has 1 heterocycles. The summed E-state index contributed by atoms with van der Waals surface area (Å²) in [4.78, 5) is 2.49. The van der Waals surface area contributed by atoms with Crippen LogP contribution in [0.4, 0.5) is 4.39 Å². The summed E-state index contributed by atoms with van der Waals surface area (Å²) in [6, 6.07) is 0.502. The number of halogens is 1. The molecule has 102 valence electrons. The molecule has 1 aliphatic rings. The normalized spacial score (nSPS) is 31.8. The summed E-state index contributed by atoms with van der Waals surface area (Å²) in [5.41, 5.74) is 0.458. The Hall–Kier alpha value is -0.150. The summed E-state index contributed by atoms with van der Waals surface area (Å²) in [6.45, 7) is 14.1. The maximum Gasteiger partial charge on any atom is 0.0906 e. The van der Waals surface area contributed by atoms with Crippen molar-refractivity contribution in [3.63, 3.8) is 0 Å². The lowest BCUT2D eigenvalue weighted by molar-refractivity contribution is 0.0202. The van der Waals surface area contributed by atoms with Crippen LogP contribution in [-0.4, -0.2) is 42.8 Å². The van der Waals surface area contributed by atoms with E-state index in [1.165, 1.54) is 0 Å². The lowest BCUT2D eigenvalue weighted by atomic mass is 9.81. The summed E-state index contributed by atoms with van der Waals surface area (Å²) in [5.74, 6) is 0. The molecule has 1 aliphatic heterocycles. The number of alkyl halides is 1. The second kappa shape index (κ2) is 5.66. The van der Waals surface area contributed by atoms with Crippen LogP contribution in [0.2, 0.25) is 0 Å². The van der Waals surface area contributed by atoms with Gasteiger partial charge in [0.25, 0.3) is 0 Å². The Morgan fingerprint density at radius 2 is 2.06 bits per heavy atom. The van der Waals surface area contributed by atoms with Crippen molar-refractivity contribution >= 4 is 0 Å². The summed E-state index contributed by atoms with van der Waals surface area (Å²) in [6.07, 6.45) is 1.77. The SMILES string of the molecule is CCC1(C)CNC(C(C)(C)C)CN1CCCF. The van der Waals surface area contributed by atoms with E-state index in [4.69, 9.17) is 0 Å². The van der Waals surface area contributed by atoms with Crippen LogP contribution in [0.5, 0.6) is 0 Å². The largest absolute Gasteiger partial charge is 0.310 e. The zero-order valence-electron chi connectivity index (χ0n) is 12.1. The number of nitrogens with zero attached hydrogens (tertiary/aromatic N) is 1. The predicted molar refractivity (Wildman–Crippen MR) is 72.1 cm³/mol. The molecule has 0 saturated carbocycles. The Morgan fingerprint density at radius 3 is 2.53 bits per heavy atom. The standard InChI is InChI=1S/C14H29FN2/c1-6-14(5)11-16-12(13(2,3)4)10-17(14)9-7-8-15/h12,16H,6-11H2,1-5H3. The molecule has 2 unspecified atom stereocenters. The van der Waals surface area contributed by atoms with Gasteiger partial charge in [0.2, 0.25) is 0 Å². The highest BCUT2D eigenvalue weighted by Crippen LogP contribution is 2.29. The minimum atomic E-state index is -0.204. The smallest absolute Gasteiger partial charge is 0.0906 e. The minimum Gasteiger partial charge on any atom is -0.310 e. The van der Waals surface area contributed by atoms with Crippen molar-refractivity contribution < 1.29 is 4.39 Å². The molecule has 1 fully saturated rings. The van der Waals surface area contributed by atoms with Gasteiger partial charge in [-0.2, -0.15) is 0 Å². The highest BCUT2D eigenvalue weighted by atomic mass is 19.1. The van der Waals surface area contributed by atoms with Gasteiger partial charge in [-0.3, -0.25) is 9.29 Å². The molecule has 1 saturated heterocycles. The van der Waals surface area contributed by atoms with Crippen molar-refractivity contribution in [2.45, 2.75) is 59.0 Å². The van der Waals surface area contributed by atoms with Crippen molar-refractivity contribution in [2.24, 2.45) is 5.41 Å². The first kappa shape index (κ1) is 14.9. The van der Waals surface area contributed by atoms with Crippen molar-refractivity contribution in [1.82, 2.24) is 10.2 Å². The lowest BCUT2D eigenvalue weighted by Crippen LogP contribution is -2.65. The van der Waals surface area contributed by atoms with Gasteiger partial charge in [-0.05, 0) is 25.2 Å². The molecule has 0 radical (unpaired) electrons. The number of hydrogen-bond donors (Lipinski definition) is 1. The van der Waals surface area contributed by atoms with Gasteiger partial charge in [0, 0.05) is 31.2 Å². The molecule has 17 heavy (non-hydrogen) atoms. The molecule has 2 nitrogen and oxygen atoms in total. The second-order valence-electron chi connectivity index (χ2n) is 6.64. The molecule has 2 atom stereocenters. The molecule has 0 spiro atoms. The molecule has 0 amide bonds. The molecular weight excluding hydrogens is 215 g/mol. The molecule has 3 heteroatoms. The van der Waals surface area contributed by atoms with E-state index in [2.05, 4.69) is 44.8 Å². The second-order valence-corrected chi connectivity index (χ2v) is 6.64. The third-order valence-corrected chi connectivity index (χ3v) is 4.26. The Morgan fingerprint density at radius 1 is 1.41 bits per heavy atom. The summed E-state index contributed by atoms with van der Waals surface area (Å²) in [5, 5.41) is 3.67. The monoisotopic (exact) mass is 244 g/mol. The van der Waals surface area contributed by atoms with Crippen molar-refractivity contribution in [1.29, 1.82) is 0 Å². The number of hydrogen-bond acceptors (Lipinski definition) is 2. The number of piperazine rings is 1. The first-order valence-electron chi connectivity index (χ1n) is 6.88. The average Bonchev–Trinajstić information content (AvgIpc) is 2.26. The van der Waals surface area contributed by atoms with Crippen LogP contribution in [0, 0.1) is 5.41 Å².